The van der Waals surface area contributed by atoms with E-state index in [9.17, 15) is 4.79 Å². The standard InChI is InChI=1S/C18H18N4O2/c1-21(19-11-14-5-3-2-4-6-14)17-9-7-15(8-10-17)16-12-20-22(13-16)18(23)24/h2-10,12-13,19H,11H2,1H3,(H,23,24). The Morgan fingerprint density at radius 3 is 2.46 bits per heavy atom. The van der Waals surface area contributed by atoms with Crippen molar-refractivity contribution >= 4 is 11.8 Å². The van der Waals surface area contributed by atoms with Crippen LogP contribution in [0.4, 0.5) is 10.5 Å². The molecular formula is C18H18N4O2. The van der Waals surface area contributed by atoms with E-state index in [0.717, 1.165) is 28.0 Å². The molecule has 0 atom stereocenters. The van der Waals surface area contributed by atoms with Crippen molar-refractivity contribution in [2.45, 2.75) is 6.54 Å². The lowest BCUT2D eigenvalue weighted by Crippen LogP contribution is -2.33. The van der Waals surface area contributed by atoms with Crippen LogP contribution in [0.1, 0.15) is 5.56 Å². The molecule has 0 aliphatic rings. The molecule has 0 unspecified atom stereocenters. The SMILES string of the molecule is CN(NCc1ccccc1)c1ccc(-c2cnn(C(=O)O)c2)cc1. The minimum Gasteiger partial charge on any atom is -0.463 e. The van der Waals surface area contributed by atoms with Crippen LogP contribution in [0.2, 0.25) is 0 Å². The third-order valence-electron chi connectivity index (χ3n) is 3.73. The average Bonchev–Trinajstić information content (AvgIpc) is 3.11. The van der Waals surface area contributed by atoms with E-state index in [2.05, 4.69) is 22.7 Å². The lowest BCUT2D eigenvalue weighted by atomic mass is 10.1. The summed E-state index contributed by atoms with van der Waals surface area (Å²) in [5.74, 6) is 0. The number of nitrogens with zero attached hydrogens (tertiary/aromatic N) is 3. The molecule has 0 amide bonds. The van der Waals surface area contributed by atoms with E-state index in [1.807, 2.05) is 54.5 Å². The molecule has 0 radical (unpaired) electrons. The van der Waals surface area contributed by atoms with Gasteiger partial charge in [0, 0.05) is 25.4 Å². The highest BCUT2D eigenvalue weighted by Gasteiger charge is 2.07. The minimum absolute atomic E-state index is 0.741. The topological polar surface area (TPSA) is 70.4 Å². The fourth-order valence-corrected chi connectivity index (χ4v) is 2.35. The van der Waals surface area contributed by atoms with Gasteiger partial charge in [-0.15, -0.1) is 0 Å². The fraction of sp³-hybridized carbons (Fsp3) is 0.111. The van der Waals surface area contributed by atoms with Gasteiger partial charge in [-0.05, 0) is 23.3 Å². The first-order chi connectivity index (χ1) is 11.6. The summed E-state index contributed by atoms with van der Waals surface area (Å²) in [5, 5.41) is 14.7. The number of carbonyl (C=O) groups is 1. The lowest BCUT2D eigenvalue weighted by molar-refractivity contribution is 0.192. The van der Waals surface area contributed by atoms with Crippen LogP contribution in [0.15, 0.2) is 67.0 Å². The Bertz CT molecular complexity index is 813. The van der Waals surface area contributed by atoms with Gasteiger partial charge in [0.1, 0.15) is 0 Å². The average molecular weight is 322 g/mol. The summed E-state index contributed by atoms with van der Waals surface area (Å²) < 4.78 is 0.900. The highest BCUT2D eigenvalue weighted by Crippen LogP contribution is 2.22. The van der Waals surface area contributed by atoms with Crippen molar-refractivity contribution in [3.8, 4) is 11.1 Å². The van der Waals surface area contributed by atoms with Crippen LogP contribution < -0.4 is 10.4 Å². The predicted octanol–water partition coefficient (Wildman–Crippen LogP) is 3.22. The molecule has 0 fully saturated rings. The minimum atomic E-state index is -1.09. The van der Waals surface area contributed by atoms with Gasteiger partial charge < -0.3 is 10.1 Å². The number of hydrazine groups is 1. The largest absolute Gasteiger partial charge is 0.463 e. The van der Waals surface area contributed by atoms with E-state index in [-0.39, 0.29) is 0 Å². The third kappa shape index (κ3) is 3.61. The van der Waals surface area contributed by atoms with Gasteiger partial charge in [-0.25, -0.2) is 10.2 Å². The molecule has 0 bridgehead atoms. The summed E-state index contributed by atoms with van der Waals surface area (Å²) in [6.07, 6.45) is 1.94. The van der Waals surface area contributed by atoms with Gasteiger partial charge in [0.05, 0.1) is 11.9 Å². The van der Waals surface area contributed by atoms with E-state index in [1.165, 1.54) is 11.8 Å². The number of hydrogen-bond donors (Lipinski definition) is 2. The van der Waals surface area contributed by atoms with Crippen molar-refractivity contribution < 1.29 is 9.90 Å². The van der Waals surface area contributed by atoms with Gasteiger partial charge in [-0.3, -0.25) is 0 Å². The first-order valence-electron chi connectivity index (χ1n) is 7.53. The zero-order valence-electron chi connectivity index (χ0n) is 13.3. The zero-order chi connectivity index (χ0) is 16.9. The highest BCUT2D eigenvalue weighted by atomic mass is 16.4. The molecule has 3 aromatic rings. The third-order valence-corrected chi connectivity index (χ3v) is 3.73. The smallest absolute Gasteiger partial charge is 0.432 e. The van der Waals surface area contributed by atoms with Crippen molar-refractivity contribution in [3.63, 3.8) is 0 Å². The van der Waals surface area contributed by atoms with Gasteiger partial charge in [0.25, 0.3) is 0 Å². The molecule has 3 rings (SSSR count). The molecule has 2 aromatic carbocycles. The predicted molar refractivity (Wildman–Crippen MR) is 92.8 cm³/mol. The van der Waals surface area contributed by atoms with Crippen molar-refractivity contribution in [2.75, 3.05) is 12.1 Å². The van der Waals surface area contributed by atoms with Crippen molar-refractivity contribution in [2.24, 2.45) is 0 Å². The Morgan fingerprint density at radius 1 is 1.12 bits per heavy atom. The molecule has 0 saturated heterocycles. The van der Waals surface area contributed by atoms with Gasteiger partial charge in [-0.1, -0.05) is 42.5 Å². The summed E-state index contributed by atoms with van der Waals surface area (Å²) in [4.78, 5) is 10.9. The van der Waals surface area contributed by atoms with Gasteiger partial charge >= 0.3 is 6.09 Å². The molecular weight excluding hydrogens is 304 g/mol. The Kier molecular flexibility index (Phi) is 4.58. The molecule has 0 aliphatic heterocycles. The zero-order valence-corrected chi connectivity index (χ0v) is 13.3. The number of hydrogen-bond acceptors (Lipinski definition) is 4. The molecule has 1 heterocycles. The van der Waals surface area contributed by atoms with Gasteiger partial charge in [0.15, 0.2) is 0 Å². The van der Waals surface area contributed by atoms with Crippen LogP contribution in [0.5, 0.6) is 0 Å². The molecule has 0 spiro atoms. The first kappa shape index (κ1) is 15.8. The van der Waals surface area contributed by atoms with Crippen LogP contribution >= 0.6 is 0 Å². The van der Waals surface area contributed by atoms with Crippen LogP contribution in [0, 0.1) is 0 Å². The Morgan fingerprint density at radius 2 is 1.83 bits per heavy atom. The monoisotopic (exact) mass is 322 g/mol. The summed E-state index contributed by atoms with van der Waals surface area (Å²) in [6, 6.07) is 18.0. The maximum atomic E-state index is 10.9. The molecule has 122 valence electrons. The van der Waals surface area contributed by atoms with Crippen LogP contribution in [0.25, 0.3) is 11.1 Å². The molecule has 1 aromatic heterocycles. The Hall–Kier alpha value is -3.12. The molecule has 0 saturated carbocycles. The summed E-state index contributed by atoms with van der Waals surface area (Å²) in [5.41, 5.74) is 7.24. The number of benzene rings is 2. The second-order valence-electron chi connectivity index (χ2n) is 5.38. The summed E-state index contributed by atoms with van der Waals surface area (Å²) >= 11 is 0. The molecule has 0 aliphatic carbocycles. The Balaban J connectivity index is 1.66. The van der Waals surface area contributed by atoms with Crippen LogP contribution in [-0.2, 0) is 6.54 Å². The quantitative estimate of drug-likeness (QED) is 0.706. The fourth-order valence-electron chi connectivity index (χ4n) is 2.35. The van der Waals surface area contributed by atoms with E-state index in [4.69, 9.17) is 5.11 Å². The molecule has 6 heteroatoms. The highest BCUT2D eigenvalue weighted by molar-refractivity contribution is 5.71. The van der Waals surface area contributed by atoms with Gasteiger partial charge in [-0.2, -0.15) is 9.78 Å². The second-order valence-corrected chi connectivity index (χ2v) is 5.38. The van der Waals surface area contributed by atoms with Crippen molar-refractivity contribution in [1.82, 2.24) is 15.2 Å². The first-order valence-corrected chi connectivity index (χ1v) is 7.53. The van der Waals surface area contributed by atoms with E-state index >= 15 is 0 Å². The van der Waals surface area contributed by atoms with E-state index in [1.54, 1.807) is 6.20 Å². The van der Waals surface area contributed by atoms with Crippen molar-refractivity contribution in [3.05, 3.63) is 72.6 Å². The number of anilines is 1. The van der Waals surface area contributed by atoms with Crippen LogP contribution in [0.3, 0.4) is 0 Å². The molecule has 24 heavy (non-hydrogen) atoms. The van der Waals surface area contributed by atoms with Crippen molar-refractivity contribution in [1.29, 1.82) is 0 Å². The maximum absolute atomic E-state index is 10.9. The number of nitrogens with one attached hydrogen (secondary N) is 1. The van der Waals surface area contributed by atoms with Gasteiger partial charge in [0.2, 0.25) is 0 Å². The van der Waals surface area contributed by atoms with Crippen LogP contribution in [-0.4, -0.2) is 28.0 Å². The maximum Gasteiger partial charge on any atom is 0.432 e. The number of aromatic nitrogens is 2. The van der Waals surface area contributed by atoms with E-state index in [0.29, 0.717) is 0 Å². The number of carboxylic acid groups (broad SMARTS) is 1. The second kappa shape index (κ2) is 6.97. The summed E-state index contributed by atoms with van der Waals surface area (Å²) in [7, 11) is 1.96. The summed E-state index contributed by atoms with van der Waals surface area (Å²) in [6.45, 7) is 0.741. The van der Waals surface area contributed by atoms with E-state index < -0.39 is 6.09 Å². The lowest BCUT2D eigenvalue weighted by Gasteiger charge is -2.20. The normalized spacial score (nSPS) is 10.5. The molecule has 6 nitrogen and oxygen atoms in total. The number of rotatable bonds is 5. The Labute approximate surface area is 139 Å². The molecule has 2 N–H and O–H groups in total.